The highest BCUT2D eigenvalue weighted by molar-refractivity contribution is 8.05. The van der Waals surface area contributed by atoms with Crippen molar-refractivity contribution in [1.82, 2.24) is 10.2 Å². The smallest absolute Gasteiger partial charge is 0.320 e. The van der Waals surface area contributed by atoms with Gasteiger partial charge in [-0.25, -0.2) is 9.18 Å². The molecule has 0 bridgehead atoms. The van der Waals surface area contributed by atoms with E-state index in [-0.39, 0.29) is 5.82 Å². The van der Waals surface area contributed by atoms with Crippen LogP contribution in [0, 0.1) is 5.82 Å². The number of primary amides is 1. The second-order valence-electron chi connectivity index (χ2n) is 6.20. The number of nitrogens with two attached hydrogens (primary N) is 1. The lowest BCUT2D eigenvalue weighted by molar-refractivity contribution is -0.120. The molecule has 0 spiro atoms. The zero-order valence-corrected chi connectivity index (χ0v) is 14.8. The quantitative estimate of drug-likeness (QED) is 0.765. The van der Waals surface area contributed by atoms with E-state index in [1.54, 1.807) is 0 Å². The van der Waals surface area contributed by atoms with Crippen molar-refractivity contribution >= 4 is 29.4 Å². The molecule has 2 aliphatic rings. The Bertz CT molecular complexity index is 722. The summed E-state index contributed by atoms with van der Waals surface area (Å²) in [6.07, 6.45) is 1.31. The summed E-state index contributed by atoms with van der Waals surface area (Å²) < 4.78 is 12.9. The van der Waals surface area contributed by atoms with E-state index < -0.39 is 16.8 Å². The van der Waals surface area contributed by atoms with E-state index in [9.17, 15) is 14.0 Å². The molecule has 134 valence electrons. The summed E-state index contributed by atoms with van der Waals surface area (Å²) in [4.78, 5) is 26.7. The molecule has 1 aromatic rings. The van der Waals surface area contributed by atoms with Crippen LogP contribution in [0.3, 0.4) is 0 Å². The van der Waals surface area contributed by atoms with Crippen molar-refractivity contribution in [2.45, 2.75) is 24.6 Å². The molecular formula is C17H21FN4O2S. The molecule has 1 atom stereocenters. The fraction of sp³-hybridized carbons (Fsp3) is 0.412. The number of hydrogen-bond acceptors (Lipinski definition) is 4. The highest BCUT2D eigenvalue weighted by Crippen LogP contribution is 2.47. The van der Waals surface area contributed by atoms with E-state index in [0.29, 0.717) is 12.1 Å². The molecule has 0 aliphatic carbocycles. The lowest BCUT2D eigenvalue weighted by atomic mass is 9.99. The molecule has 3 amide bonds. The summed E-state index contributed by atoms with van der Waals surface area (Å²) in [5.41, 5.74) is 7.26. The van der Waals surface area contributed by atoms with Gasteiger partial charge in [0.15, 0.2) is 4.87 Å². The Morgan fingerprint density at radius 1 is 1.36 bits per heavy atom. The maximum Gasteiger partial charge on any atom is 0.320 e. The predicted octanol–water partition coefficient (Wildman–Crippen LogP) is 2.25. The standard InChI is InChI=1S/C17H21FN4O2S/c1-2-22-8-7-11-9-17(15(19)23,25-14(11)10-22)21-16(24)20-13-5-3-12(18)4-6-13/h3-6H,2,7-10H2,1H3,(H2,19,23)(H2,20,21,24). The van der Waals surface area contributed by atoms with Crippen LogP contribution >= 0.6 is 11.8 Å². The Morgan fingerprint density at radius 2 is 2.08 bits per heavy atom. The summed E-state index contributed by atoms with van der Waals surface area (Å²) in [6, 6.07) is 4.88. The van der Waals surface area contributed by atoms with Crippen LogP contribution in [0.25, 0.3) is 0 Å². The second kappa shape index (κ2) is 7.05. The first-order chi connectivity index (χ1) is 11.9. The van der Waals surface area contributed by atoms with E-state index in [0.717, 1.165) is 31.0 Å². The molecule has 8 heteroatoms. The number of rotatable bonds is 4. The fourth-order valence-corrected chi connectivity index (χ4v) is 4.56. The number of thioether (sulfide) groups is 1. The summed E-state index contributed by atoms with van der Waals surface area (Å²) in [6.45, 7) is 4.78. The van der Waals surface area contributed by atoms with Gasteiger partial charge in [-0.2, -0.15) is 0 Å². The van der Waals surface area contributed by atoms with Gasteiger partial charge < -0.3 is 16.4 Å². The van der Waals surface area contributed by atoms with Crippen molar-refractivity contribution in [3.63, 3.8) is 0 Å². The number of carbonyl (C=O) groups excluding carboxylic acids is 2. The molecule has 0 fully saturated rings. The van der Waals surface area contributed by atoms with Crippen molar-refractivity contribution < 1.29 is 14.0 Å². The van der Waals surface area contributed by atoms with Crippen LogP contribution in [0.5, 0.6) is 0 Å². The van der Waals surface area contributed by atoms with Gasteiger partial charge in [0.05, 0.1) is 0 Å². The molecule has 3 rings (SSSR count). The van der Waals surface area contributed by atoms with Gasteiger partial charge >= 0.3 is 6.03 Å². The average molecular weight is 364 g/mol. The highest BCUT2D eigenvalue weighted by Gasteiger charge is 2.47. The van der Waals surface area contributed by atoms with Gasteiger partial charge in [-0.3, -0.25) is 9.69 Å². The molecule has 0 saturated heterocycles. The zero-order chi connectivity index (χ0) is 18.0. The monoisotopic (exact) mass is 364 g/mol. The van der Waals surface area contributed by atoms with Crippen LogP contribution in [0.1, 0.15) is 19.8 Å². The molecule has 0 saturated carbocycles. The summed E-state index contributed by atoms with van der Waals surface area (Å²) >= 11 is 1.34. The third kappa shape index (κ3) is 3.80. The Labute approximate surface area is 150 Å². The van der Waals surface area contributed by atoms with Gasteiger partial charge in [0.25, 0.3) is 5.91 Å². The Kier molecular flexibility index (Phi) is 5.01. The van der Waals surface area contributed by atoms with Crippen LogP contribution in [-0.4, -0.2) is 41.3 Å². The normalized spacial score (nSPS) is 23.3. The number of carbonyl (C=O) groups is 2. The number of nitrogens with zero attached hydrogens (tertiary/aromatic N) is 1. The van der Waals surface area contributed by atoms with Crippen molar-refractivity contribution in [1.29, 1.82) is 0 Å². The number of urea groups is 1. The van der Waals surface area contributed by atoms with Gasteiger partial charge in [0, 0.05) is 30.1 Å². The summed E-state index contributed by atoms with van der Waals surface area (Å²) in [7, 11) is 0. The van der Waals surface area contributed by atoms with Crippen molar-refractivity contribution in [2.24, 2.45) is 5.73 Å². The van der Waals surface area contributed by atoms with E-state index in [1.165, 1.54) is 41.6 Å². The van der Waals surface area contributed by atoms with Crippen LogP contribution in [0.2, 0.25) is 0 Å². The predicted molar refractivity (Wildman–Crippen MR) is 96.4 cm³/mol. The first kappa shape index (κ1) is 17.8. The lowest BCUT2D eigenvalue weighted by Gasteiger charge is -2.27. The minimum atomic E-state index is -1.17. The van der Waals surface area contributed by atoms with Crippen LogP contribution in [0.15, 0.2) is 34.7 Å². The van der Waals surface area contributed by atoms with Crippen LogP contribution in [-0.2, 0) is 4.79 Å². The first-order valence-corrected chi connectivity index (χ1v) is 9.00. The third-order valence-electron chi connectivity index (χ3n) is 4.51. The molecule has 2 heterocycles. The lowest BCUT2D eigenvalue weighted by Crippen LogP contribution is -2.55. The van der Waals surface area contributed by atoms with E-state index in [2.05, 4.69) is 22.5 Å². The van der Waals surface area contributed by atoms with E-state index >= 15 is 0 Å². The molecule has 6 nitrogen and oxygen atoms in total. The molecule has 1 aromatic carbocycles. The van der Waals surface area contributed by atoms with Gasteiger partial charge in [-0.15, -0.1) is 0 Å². The van der Waals surface area contributed by atoms with Crippen LogP contribution < -0.4 is 16.4 Å². The van der Waals surface area contributed by atoms with Crippen LogP contribution in [0.4, 0.5) is 14.9 Å². The minimum Gasteiger partial charge on any atom is -0.367 e. The van der Waals surface area contributed by atoms with Crippen molar-refractivity contribution in [3.05, 3.63) is 40.6 Å². The molecule has 4 N–H and O–H groups in total. The number of anilines is 1. The molecule has 0 radical (unpaired) electrons. The third-order valence-corrected chi connectivity index (χ3v) is 5.97. The highest BCUT2D eigenvalue weighted by atomic mass is 32.2. The molecule has 0 aromatic heterocycles. The number of hydrogen-bond donors (Lipinski definition) is 3. The topological polar surface area (TPSA) is 87.5 Å². The minimum absolute atomic E-state index is 0.386. The Hall–Kier alpha value is -2.06. The van der Waals surface area contributed by atoms with Crippen molar-refractivity contribution in [2.75, 3.05) is 25.0 Å². The average Bonchev–Trinajstić information content (AvgIpc) is 2.95. The van der Waals surface area contributed by atoms with Gasteiger partial charge in [0.2, 0.25) is 0 Å². The fourth-order valence-electron chi connectivity index (χ4n) is 3.08. The maximum atomic E-state index is 12.9. The van der Waals surface area contributed by atoms with Crippen molar-refractivity contribution in [3.8, 4) is 0 Å². The number of benzene rings is 1. The second-order valence-corrected chi connectivity index (χ2v) is 7.60. The Morgan fingerprint density at radius 3 is 2.72 bits per heavy atom. The maximum absolute atomic E-state index is 12.9. The number of amides is 3. The molecule has 1 unspecified atom stereocenters. The number of halogens is 1. The Balaban J connectivity index is 1.69. The number of likely N-dealkylation sites (N-methyl/N-ethyl adjacent to an activating group) is 1. The van der Waals surface area contributed by atoms with E-state index in [1.807, 2.05) is 0 Å². The first-order valence-electron chi connectivity index (χ1n) is 8.19. The van der Waals surface area contributed by atoms with Gasteiger partial charge in [-0.05, 0) is 37.2 Å². The zero-order valence-electron chi connectivity index (χ0n) is 14.0. The summed E-state index contributed by atoms with van der Waals surface area (Å²) in [5.74, 6) is -0.951. The number of nitrogens with one attached hydrogen (secondary N) is 2. The molecule has 2 aliphatic heterocycles. The summed E-state index contributed by atoms with van der Waals surface area (Å²) in [5, 5.41) is 5.34. The van der Waals surface area contributed by atoms with Gasteiger partial charge in [-0.1, -0.05) is 24.3 Å². The molecular weight excluding hydrogens is 343 g/mol. The van der Waals surface area contributed by atoms with Gasteiger partial charge in [0.1, 0.15) is 5.82 Å². The SMILES string of the molecule is CCN1CCC2=C(C1)SC(NC(=O)Nc1ccc(F)cc1)(C(N)=O)C2. The molecule has 25 heavy (non-hydrogen) atoms. The largest absolute Gasteiger partial charge is 0.367 e. The van der Waals surface area contributed by atoms with E-state index in [4.69, 9.17) is 5.73 Å².